The Balaban J connectivity index is 2.27. The van der Waals surface area contributed by atoms with Crippen molar-refractivity contribution in [3.8, 4) is 5.75 Å². The summed E-state index contributed by atoms with van der Waals surface area (Å²) in [6.07, 6.45) is 2.37. The number of carbonyl (C=O) groups is 2. The molecule has 0 saturated carbocycles. The summed E-state index contributed by atoms with van der Waals surface area (Å²) in [5.74, 6) is -0.110. The van der Waals surface area contributed by atoms with Gasteiger partial charge in [-0.05, 0) is 56.5 Å². The zero-order valence-electron chi connectivity index (χ0n) is 20.4. The monoisotopic (exact) mass is 489 g/mol. The Hall–Kier alpha value is -3.07. The zero-order valence-corrected chi connectivity index (χ0v) is 21.2. The Bertz CT molecular complexity index is 1030. The maximum Gasteiger partial charge on any atom is 0.244 e. The van der Waals surface area contributed by atoms with Gasteiger partial charge in [-0.3, -0.25) is 13.9 Å². The van der Waals surface area contributed by atoms with Gasteiger partial charge in [-0.2, -0.15) is 0 Å². The summed E-state index contributed by atoms with van der Waals surface area (Å²) in [5.41, 5.74) is 1.37. The number of carbonyl (C=O) groups excluding carboxylic acids is 2. The SMILES string of the molecule is CCCNC(=O)C(C)N(CCc1ccccc1)C(=O)CN(c1ccc(OCC)cc1)S(C)(=O)=O. The summed E-state index contributed by atoms with van der Waals surface area (Å²) in [4.78, 5) is 27.5. The molecule has 0 aliphatic carbocycles. The van der Waals surface area contributed by atoms with Gasteiger partial charge in [0.2, 0.25) is 21.8 Å². The fourth-order valence-corrected chi connectivity index (χ4v) is 4.30. The first-order valence-electron chi connectivity index (χ1n) is 11.5. The van der Waals surface area contributed by atoms with Gasteiger partial charge in [-0.15, -0.1) is 0 Å². The first-order chi connectivity index (χ1) is 16.2. The van der Waals surface area contributed by atoms with Crippen molar-refractivity contribution in [2.24, 2.45) is 0 Å². The third-order valence-corrected chi connectivity index (χ3v) is 6.46. The molecule has 0 radical (unpaired) electrons. The summed E-state index contributed by atoms with van der Waals surface area (Å²) in [7, 11) is -3.75. The molecule has 9 heteroatoms. The maximum absolute atomic E-state index is 13.4. The van der Waals surface area contributed by atoms with E-state index in [1.54, 1.807) is 31.2 Å². The van der Waals surface area contributed by atoms with Crippen LogP contribution in [0.4, 0.5) is 5.69 Å². The van der Waals surface area contributed by atoms with E-state index in [1.165, 1.54) is 4.90 Å². The number of hydrogen-bond acceptors (Lipinski definition) is 5. The molecule has 0 fully saturated rings. The Morgan fingerprint density at radius 2 is 1.68 bits per heavy atom. The number of hydrogen-bond donors (Lipinski definition) is 1. The van der Waals surface area contributed by atoms with Crippen LogP contribution in [0.15, 0.2) is 54.6 Å². The van der Waals surface area contributed by atoms with Crippen LogP contribution in [0.2, 0.25) is 0 Å². The standard InChI is InChI=1S/C25H35N3O5S/c1-5-17-26-25(30)20(3)27(18-16-21-10-8-7-9-11-21)24(29)19-28(34(4,31)32)22-12-14-23(15-13-22)33-6-2/h7-15,20H,5-6,16-19H2,1-4H3,(H,26,30). The van der Waals surface area contributed by atoms with Crippen molar-refractivity contribution in [3.63, 3.8) is 0 Å². The maximum atomic E-state index is 13.4. The van der Waals surface area contributed by atoms with Gasteiger partial charge in [0.05, 0.1) is 18.6 Å². The lowest BCUT2D eigenvalue weighted by Gasteiger charge is -2.31. The van der Waals surface area contributed by atoms with E-state index in [9.17, 15) is 18.0 Å². The summed E-state index contributed by atoms with van der Waals surface area (Å²) < 4.78 is 31.6. The molecule has 0 aromatic heterocycles. The van der Waals surface area contributed by atoms with Crippen LogP contribution in [0, 0.1) is 0 Å². The van der Waals surface area contributed by atoms with Gasteiger partial charge >= 0.3 is 0 Å². The molecular formula is C25H35N3O5S. The van der Waals surface area contributed by atoms with Gasteiger partial charge in [-0.1, -0.05) is 37.3 Å². The van der Waals surface area contributed by atoms with E-state index >= 15 is 0 Å². The minimum atomic E-state index is -3.75. The lowest BCUT2D eigenvalue weighted by atomic mass is 10.1. The molecule has 0 saturated heterocycles. The highest BCUT2D eigenvalue weighted by molar-refractivity contribution is 7.92. The number of ether oxygens (including phenoxy) is 1. The summed E-state index contributed by atoms with van der Waals surface area (Å²) in [6.45, 7) is 6.34. The fourth-order valence-electron chi connectivity index (χ4n) is 3.45. The van der Waals surface area contributed by atoms with Crippen molar-refractivity contribution < 1.29 is 22.7 Å². The zero-order chi connectivity index (χ0) is 25.1. The van der Waals surface area contributed by atoms with Gasteiger partial charge in [-0.25, -0.2) is 8.42 Å². The minimum absolute atomic E-state index is 0.268. The molecule has 1 N–H and O–H groups in total. The van der Waals surface area contributed by atoms with Crippen molar-refractivity contribution in [2.45, 2.75) is 39.7 Å². The molecule has 0 bridgehead atoms. The van der Waals surface area contributed by atoms with Crippen molar-refractivity contribution in [1.82, 2.24) is 10.2 Å². The van der Waals surface area contributed by atoms with E-state index in [4.69, 9.17) is 4.74 Å². The Labute approximate surface area is 202 Å². The predicted octanol–water partition coefficient (Wildman–Crippen LogP) is 2.84. The van der Waals surface area contributed by atoms with E-state index < -0.39 is 28.5 Å². The quantitative estimate of drug-likeness (QED) is 0.467. The normalized spacial score (nSPS) is 12.0. The number of rotatable bonds is 13. The molecule has 1 atom stereocenters. The fraction of sp³-hybridized carbons (Fsp3) is 0.440. The number of nitrogens with zero attached hydrogens (tertiary/aromatic N) is 2. The van der Waals surface area contributed by atoms with Crippen LogP contribution in [0.25, 0.3) is 0 Å². The van der Waals surface area contributed by atoms with Crippen molar-refractivity contribution in [3.05, 3.63) is 60.2 Å². The van der Waals surface area contributed by atoms with E-state index in [0.29, 0.717) is 31.0 Å². The van der Waals surface area contributed by atoms with Crippen molar-refractivity contribution in [1.29, 1.82) is 0 Å². The molecule has 2 aromatic rings. The number of benzene rings is 2. The number of amides is 2. The second-order valence-corrected chi connectivity index (χ2v) is 9.89. The first-order valence-corrected chi connectivity index (χ1v) is 13.3. The molecule has 8 nitrogen and oxygen atoms in total. The average Bonchev–Trinajstić information content (AvgIpc) is 2.81. The highest BCUT2D eigenvalue weighted by Gasteiger charge is 2.29. The molecule has 0 aliphatic heterocycles. The van der Waals surface area contributed by atoms with Crippen LogP contribution in [0.5, 0.6) is 5.75 Å². The second-order valence-electron chi connectivity index (χ2n) is 7.99. The summed E-state index contributed by atoms with van der Waals surface area (Å²) in [5, 5.41) is 2.82. The highest BCUT2D eigenvalue weighted by Crippen LogP contribution is 2.22. The third kappa shape index (κ3) is 8.06. The van der Waals surface area contributed by atoms with Crippen LogP contribution in [-0.4, -0.2) is 63.7 Å². The Kier molecular flexibility index (Phi) is 10.4. The van der Waals surface area contributed by atoms with Crippen LogP contribution in [-0.2, 0) is 26.0 Å². The third-order valence-electron chi connectivity index (χ3n) is 5.32. The molecule has 2 rings (SSSR count). The molecule has 2 amide bonds. The van der Waals surface area contributed by atoms with Gasteiger partial charge in [0, 0.05) is 13.1 Å². The minimum Gasteiger partial charge on any atom is -0.494 e. The largest absolute Gasteiger partial charge is 0.494 e. The van der Waals surface area contributed by atoms with Crippen molar-refractivity contribution >= 4 is 27.5 Å². The smallest absolute Gasteiger partial charge is 0.244 e. The average molecular weight is 490 g/mol. The van der Waals surface area contributed by atoms with Crippen LogP contribution >= 0.6 is 0 Å². The van der Waals surface area contributed by atoms with Crippen LogP contribution in [0.1, 0.15) is 32.8 Å². The van der Waals surface area contributed by atoms with E-state index in [2.05, 4.69) is 5.32 Å². The topological polar surface area (TPSA) is 96.0 Å². The van der Waals surface area contributed by atoms with Gasteiger partial charge < -0.3 is 15.0 Å². The first kappa shape index (κ1) is 27.2. The molecular weight excluding hydrogens is 454 g/mol. The second kappa shape index (κ2) is 13.0. The number of sulfonamides is 1. The van der Waals surface area contributed by atoms with Crippen molar-refractivity contribution in [2.75, 3.05) is 36.8 Å². The van der Waals surface area contributed by atoms with E-state index in [-0.39, 0.29) is 12.5 Å². The van der Waals surface area contributed by atoms with Crippen LogP contribution < -0.4 is 14.4 Å². The number of anilines is 1. The predicted molar refractivity (Wildman–Crippen MR) is 134 cm³/mol. The van der Waals surface area contributed by atoms with E-state index in [1.807, 2.05) is 44.2 Å². The summed E-state index contributed by atoms with van der Waals surface area (Å²) in [6, 6.07) is 15.4. The lowest BCUT2D eigenvalue weighted by Crippen LogP contribution is -2.52. The van der Waals surface area contributed by atoms with Gasteiger partial charge in [0.1, 0.15) is 18.3 Å². The molecule has 34 heavy (non-hydrogen) atoms. The van der Waals surface area contributed by atoms with Gasteiger partial charge in [0.15, 0.2) is 0 Å². The molecule has 0 aliphatic rings. The van der Waals surface area contributed by atoms with E-state index in [0.717, 1.165) is 22.5 Å². The van der Waals surface area contributed by atoms with Crippen LogP contribution in [0.3, 0.4) is 0 Å². The highest BCUT2D eigenvalue weighted by atomic mass is 32.2. The Morgan fingerprint density at radius 1 is 1.03 bits per heavy atom. The lowest BCUT2D eigenvalue weighted by molar-refractivity contribution is -0.138. The molecule has 1 unspecified atom stereocenters. The molecule has 0 heterocycles. The Morgan fingerprint density at radius 3 is 2.24 bits per heavy atom. The number of nitrogens with one attached hydrogen (secondary N) is 1. The van der Waals surface area contributed by atoms with Gasteiger partial charge in [0.25, 0.3) is 0 Å². The summed E-state index contributed by atoms with van der Waals surface area (Å²) >= 11 is 0. The molecule has 186 valence electrons. The molecule has 0 spiro atoms. The molecule has 2 aromatic carbocycles.